The Kier molecular flexibility index (Phi) is 6.09. The molecule has 0 aromatic heterocycles. The van der Waals surface area contributed by atoms with Gasteiger partial charge in [0.1, 0.15) is 0 Å². The van der Waals surface area contributed by atoms with Gasteiger partial charge in [0.25, 0.3) is 0 Å². The minimum atomic E-state index is 0.306. The highest BCUT2D eigenvalue weighted by Crippen LogP contribution is 2.50. The summed E-state index contributed by atoms with van der Waals surface area (Å²) in [5.74, 6) is 0.306. The first-order valence-corrected chi connectivity index (χ1v) is 11.9. The molecular formula is C29H36N2. The number of hydrogen-bond acceptors (Lipinski definition) is 2. The highest BCUT2D eigenvalue weighted by atomic mass is 15.1. The Labute approximate surface area is 188 Å². The molecule has 0 spiro atoms. The fourth-order valence-corrected chi connectivity index (χ4v) is 5.26. The number of hydrogen-bond donors (Lipinski definition) is 0. The zero-order chi connectivity index (χ0) is 22.1. The summed E-state index contributed by atoms with van der Waals surface area (Å²) in [6.07, 6.45) is 0. The summed E-state index contributed by atoms with van der Waals surface area (Å²) in [5, 5.41) is 0. The van der Waals surface area contributed by atoms with Gasteiger partial charge >= 0.3 is 0 Å². The number of anilines is 2. The molecule has 0 bridgehead atoms. The third-order valence-electron chi connectivity index (χ3n) is 6.95. The number of aryl methyl sites for hydroxylation is 2. The second-order valence-corrected chi connectivity index (χ2v) is 8.69. The summed E-state index contributed by atoms with van der Waals surface area (Å²) in [6.45, 7) is 17.6. The van der Waals surface area contributed by atoms with Crippen molar-refractivity contribution in [3.05, 3.63) is 82.4 Å². The van der Waals surface area contributed by atoms with Crippen molar-refractivity contribution >= 4 is 11.4 Å². The lowest BCUT2D eigenvalue weighted by Crippen LogP contribution is -2.22. The van der Waals surface area contributed by atoms with E-state index in [1.807, 2.05) is 0 Å². The van der Waals surface area contributed by atoms with Gasteiger partial charge in [0.2, 0.25) is 0 Å². The van der Waals surface area contributed by atoms with Crippen LogP contribution in [-0.4, -0.2) is 26.2 Å². The first-order valence-electron chi connectivity index (χ1n) is 11.9. The molecule has 1 aliphatic rings. The van der Waals surface area contributed by atoms with Crippen LogP contribution in [-0.2, 0) is 0 Å². The van der Waals surface area contributed by atoms with E-state index >= 15 is 0 Å². The van der Waals surface area contributed by atoms with Crippen LogP contribution in [0.15, 0.2) is 54.6 Å². The number of benzene rings is 3. The molecule has 0 saturated heterocycles. The highest BCUT2D eigenvalue weighted by Gasteiger charge is 2.31. The van der Waals surface area contributed by atoms with Gasteiger partial charge < -0.3 is 9.80 Å². The molecule has 0 radical (unpaired) electrons. The van der Waals surface area contributed by atoms with E-state index in [9.17, 15) is 0 Å². The molecule has 4 rings (SSSR count). The summed E-state index contributed by atoms with van der Waals surface area (Å²) in [6, 6.07) is 21.1. The third kappa shape index (κ3) is 3.73. The maximum absolute atomic E-state index is 2.47. The maximum atomic E-state index is 2.47. The minimum Gasteiger partial charge on any atom is -0.372 e. The SMILES string of the molecule is CCN(CC)c1ccc(C2c3cc(C)ccc3-c3cc(N(CC)CC)c(C)cc32)cc1. The van der Waals surface area contributed by atoms with Crippen molar-refractivity contribution in [2.45, 2.75) is 47.5 Å². The zero-order valence-electron chi connectivity index (χ0n) is 20.0. The van der Waals surface area contributed by atoms with Gasteiger partial charge in [0.15, 0.2) is 0 Å². The second kappa shape index (κ2) is 8.78. The monoisotopic (exact) mass is 412 g/mol. The van der Waals surface area contributed by atoms with Crippen LogP contribution in [0.25, 0.3) is 11.1 Å². The van der Waals surface area contributed by atoms with E-state index in [4.69, 9.17) is 0 Å². The van der Waals surface area contributed by atoms with E-state index in [2.05, 4.69) is 106 Å². The maximum Gasteiger partial charge on any atom is 0.0402 e. The molecule has 0 aliphatic heterocycles. The third-order valence-corrected chi connectivity index (χ3v) is 6.95. The van der Waals surface area contributed by atoms with Crippen molar-refractivity contribution in [2.24, 2.45) is 0 Å². The van der Waals surface area contributed by atoms with Gasteiger partial charge in [-0.2, -0.15) is 0 Å². The Morgan fingerprint density at radius 2 is 1.26 bits per heavy atom. The lowest BCUT2D eigenvalue weighted by Gasteiger charge is -2.25. The van der Waals surface area contributed by atoms with Gasteiger partial charge in [0, 0.05) is 43.5 Å². The first-order chi connectivity index (χ1) is 15.0. The van der Waals surface area contributed by atoms with Crippen molar-refractivity contribution in [2.75, 3.05) is 36.0 Å². The Hall–Kier alpha value is -2.74. The van der Waals surface area contributed by atoms with Gasteiger partial charge in [0.05, 0.1) is 0 Å². The molecule has 1 aliphatic carbocycles. The molecule has 0 fully saturated rings. The zero-order valence-corrected chi connectivity index (χ0v) is 20.0. The van der Waals surface area contributed by atoms with Crippen molar-refractivity contribution in [1.82, 2.24) is 0 Å². The standard InChI is InChI=1S/C29H36N2/c1-7-30(8-2)23-14-12-22(13-15-23)29-26-17-20(5)11-16-24(26)25-19-28(31(9-3)10-4)21(6)18-27(25)29/h11-19,29H,7-10H2,1-6H3. The van der Waals surface area contributed by atoms with Gasteiger partial charge in [-0.05, 0) is 93.1 Å². The van der Waals surface area contributed by atoms with Crippen molar-refractivity contribution in [3.8, 4) is 11.1 Å². The van der Waals surface area contributed by atoms with Crippen LogP contribution in [0, 0.1) is 13.8 Å². The van der Waals surface area contributed by atoms with Gasteiger partial charge in [-0.25, -0.2) is 0 Å². The first kappa shape index (κ1) is 21.5. The minimum absolute atomic E-state index is 0.306. The van der Waals surface area contributed by atoms with Crippen molar-refractivity contribution < 1.29 is 0 Å². The van der Waals surface area contributed by atoms with Crippen molar-refractivity contribution in [3.63, 3.8) is 0 Å². The van der Waals surface area contributed by atoms with E-state index in [1.54, 1.807) is 0 Å². The summed E-state index contributed by atoms with van der Waals surface area (Å²) >= 11 is 0. The van der Waals surface area contributed by atoms with Gasteiger partial charge in [-0.3, -0.25) is 0 Å². The molecule has 2 heteroatoms. The van der Waals surface area contributed by atoms with Crippen LogP contribution < -0.4 is 9.80 Å². The van der Waals surface area contributed by atoms with Crippen LogP contribution in [0.1, 0.15) is 61.4 Å². The highest BCUT2D eigenvalue weighted by molar-refractivity contribution is 5.84. The van der Waals surface area contributed by atoms with Gasteiger partial charge in [-0.1, -0.05) is 42.0 Å². The molecule has 0 heterocycles. The summed E-state index contributed by atoms with van der Waals surface area (Å²) in [7, 11) is 0. The van der Waals surface area contributed by atoms with E-state index in [1.165, 1.54) is 50.3 Å². The quantitative estimate of drug-likeness (QED) is 0.318. The summed E-state index contributed by atoms with van der Waals surface area (Å²) in [5.41, 5.74) is 12.5. The van der Waals surface area contributed by atoms with Crippen LogP contribution in [0.3, 0.4) is 0 Å². The topological polar surface area (TPSA) is 6.48 Å². The lowest BCUT2D eigenvalue weighted by atomic mass is 9.88. The summed E-state index contributed by atoms with van der Waals surface area (Å²) in [4.78, 5) is 4.88. The molecule has 0 saturated carbocycles. The molecule has 1 atom stereocenters. The van der Waals surface area contributed by atoms with E-state index < -0.39 is 0 Å². The van der Waals surface area contributed by atoms with Crippen LogP contribution in [0.4, 0.5) is 11.4 Å². The normalized spacial score (nSPS) is 14.3. The molecule has 2 nitrogen and oxygen atoms in total. The average Bonchev–Trinajstić information content (AvgIpc) is 3.08. The molecule has 3 aromatic rings. The molecule has 0 N–H and O–H groups in total. The molecule has 3 aromatic carbocycles. The number of rotatable bonds is 7. The van der Waals surface area contributed by atoms with Crippen LogP contribution in [0.2, 0.25) is 0 Å². The Balaban J connectivity index is 1.86. The average molecular weight is 413 g/mol. The van der Waals surface area contributed by atoms with Crippen LogP contribution in [0.5, 0.6) is 0 Å². The van der Waals surface area contributed by atoms with E-state index in [0.29, 0.717) is 5.92 Å². The lowest BCUT2D eigenvalue weighted by molar-refractivity contribution is 0.860. The molecular weight excluding hydrogens is 376 g/mol. The summed E-state index contributed by atoms with van der Waals surface area (Å²) < 4.78 is 0. The van der Waals surface area contributed by atoms with E-state index in [0.717, 1.165) is 26.2 Å². The molecule has 31 heavy (non-hydrogen) atoms. The Morgan fingerprint density at radius 1 is 0.645 bits per heavy atom. The Morgan fingerprint density at radius 3 is 1.87 bits per heavy atom. The predicted molar refractivity (Wildman–Crippen MR) is 136 cm³/mol. The molecule has 0 amide bonds. The smallest absolute Gasteiger partial charge is 0.0402 e. The molecule has 162 valence electrons. The fraction of sp³-hybridized carbons (Fsp3) is 0.379. The number of fused-ring (bicyclic) bond motifs is 3. The van der Waals surface area contributed by atoms with Gasteiger partial charge in [-0.15, -0.1) is 0 Å². The second-order valence-electron chi connectivity index (χ2n) is 8.69. The molecule has 1 unspecified atom stereocenters. The number of nitrogens with zero attached hydrogens (tertiary/aromatic N) is 2. The van der Waals surface area contributed by atoms with Crippen molar-refractivity contribution in [1.29, 1.82) is 0 Å². The van der Waals surface area contributed by atoms with Crippen LogP contribution >= 0.6 is 0 Å². The van der Waals surface area contributed by atoms with E-state index in [-0.39, 0.29) is 0 Å². The predicted octanol–water partition coefficient (Wildman–Crippen LogP) is 7.16. The largest absolute Gasteiger partial charge is 0.372 e. The Bertz CT molecular complexity index is 1060. The fourth-order valence-electron chi connectivity index (χ4n) is 5.26.